The molecule has 0 amide bonds. The van der Waals surface area contributed by atoms with Crippen LogP contribution < -0.4 is 21.4 Å². The fraction of sp³-hybridized carbons (Fsp3) is 0. The zero-order valence-electron chi connectivity index (χ0n) is 19.1. The Bertz CT molecular complexity index is 1750. The highest BCUT2D eigenvalue weighted by atomic mass is 15.2. The molecule has 0 N–H and O–H groups in total. The fourth-order valence-electron chi connectivity index (χ4n) is 6.30. The van der Waals surface area contributed by atoms with Crippen LogP contribution in [-0.4, -0.2) is 11.3 Å². The van der Waals surface area contributed by atoms with E-state index >= 15 is 0 Å². The van der Waals surface area contributed by atoms with Crippen LogP contribution in [0.25, 0.3) is 27.7 Å². The van der Waals surface area contributed by atoms with E-state index < -0.39 is 0 Å². The lowest BCUT2D eigenvalue weighted by Crippen LogP contribution is -2.56. The first kappa shape index (κ1) is 18.9. The van der Waals surface area contributed by atoms with Crippen molar-refractivity contribution in [3.8, 4) is 16.8 Å². The normalized spacial score (nSPS) is 13.0. The van der Waals surface area contributed by atoms with E-state index in [2.05, 4.69) is 137 Å². The average Bonchev–Trinajstić information content (AvgIpc) is 3.44. The zero-order chi connectivity index (χ0) is 22.9. The van der Waals surface area contributed by atoms with Crippen molar-refractivity contribution in [2.45, 2.75) is 0 Å². The molecular weight excluding hydrogens is 423 g/mol. The second-order valence-electron chi connectivity index (χ2n) is 9.35. The van der Waals surface area contributed by atoms with E-state index in [-0.39, 0.29) is 6.71 Å². The predicted molar refractivity (Wildman–Crippen MR) is 148 cm³/mol. The SMILES string of the molecule is c1ccc(N2c3ccccc3B3c4c(cccc42)-c2c3n(-c3ccccc3)c3ccccc23)cc1. The highest BCUT2D eigenvalue weighted by Crippen LogP contribution is 2.42. The number of fused-ring (bicyclic) bond motifs is 7. The quantitative estimate of drug-likeness (QED) is 0.301. The molecule has 2 nitrogen and oxygen atoms in total. The Labute approximate surface area is 204 Å². The first-order valence-corrected chi connectivity index (χ1v) is 12.2. The molecule has 1 aromatic heterocycles. The van der Waals surface area contributed by atoms with Gasteiger partial charge >= 0.3 is 0 Å². The molecule has 6 aromatic rings. The summed E-state index contributed by atoms with van der Waals surface area (Å²) in [6.45, 7) is 0.181. The van der Waals surface area contributed by atoms with Gasteiger partial charge < -0.3 is 9.47 Å². The number of hydrogen-bond donors (Lipinski definition) is 0. The van der Waals surface area contributed by atoms with Gasteiger partial charge in [0.15, 0.2) is 0 Å². The van der Waals surface area contributed by atoms with E-state index in [0.717, 1.165) is 0 Å². The summed E-state index contributed by atoms with van der Waals surface area (Å²) in [5, 5.41) is 1.32. The Kier molecular flexibility index (Phi) is 3.78. The molecule has 0 saturated heterocycles. The molecule has 0 saturated carbocycles. The first-order valence-electron chi connectivity index (χ1n) is 12.2. The van der Waals surface area contributed by atoms with Crippen molar-refractivity contribution in [3.63, 3.8) is 0 Å². The fourth-order valence-corrected chi connectivity index (χ4v) is 6.30. The summed E-state index contributed by atoms with van der Waals surface area (Å²) in [4.78, 5) is 2.44. The summed E-state index contributed by atoms with van der Waals surface area (Å²) in [5.41, 5.74) is 13.1. The highest BCUT2D eigenvalue weighted by molar-refractivity contribution is 7.01. The summed E-state index contributed by atoms with van der Waals surface area (Å²) in [6.07, 6.45) is 0. The van der Waals surface area contributed by atoms with Gasteiger partial charge in [0.1, 0.15) is 0 Å². The summed E-state index contributed by atoms with van der Waals surface area (Å²) in [7, 11) is 0. The third-order valence-corrected chi connectivity index (χ3v) is 7.58. The summed E-state index contributed by atoms with van der Waals surface area (Å²) < 4.78 is 2.49. The van der Waals surface area contributed by atoms with Crippen molar-refractivity contribution in [1.82, 2.24) is 4.57 Å². The number of aromatic nitrogens is 1. The van der Waals surface area contributed by atoms with E-state index in [9.17, 15) is 0 Å². The van der Waals surface area contributed by atoms with E-state index in [1.54, 1.807) is 0 Å². The molecule has 2 aliphatic rings. The largest absolute Gasteiger partial charge is 0.321 e. The number of para-hydroxylation sites is 4. The van der Waals surface area contributed by atoms with Crippen LogP contribution in [0.4, 0.5) is 17.1 Å². The predicted octanol–water partition coefficient (Wildman–Crippen LogP) is 5.91. The molecule has 0 atom stereocenters. The molecule has 8 rings (SSSR count). The lowest BCUT2D eigenvalue weighted by atomic mass is 9.38. The third-order valence-electron chi connectivity index (χ3n) is 7.58. The van der Waals surface area contributed by atoms with Crippen LogP contribution >= 0.6 is 0 Å². The molecule has 0 fully saturated rings. The van der Waals surface area contributed by atoms with E-state index in [0.29, 0.717) is 0 Å². The van der Waals surface area contributed by atoms with Gasteiger partial charge in [0, 0.05) is 39.3 Å². The minimum Gasteiger partial charge on any atom is -0.321 e. The zero-order valence-corrected chi connectivity index (χ0v) is 19.1. The Hall–Kier alpha value is -4.50. The van der Waals surface area contributed by atoms with Gasteiger partial charge in [-0.3, -0.25) is 0 Å². The van der Waals surface area contributed by atoms with Crippen LogP contribution in [0, 0.1) is 0 Å². The highest BCUT2D eigenvalue weighted by Gasteiger charge is 2.45. The Morgan fingerprint density at radius 1 is 0.514 bits per heavy atom. The van der Waals surface area contributed by atoms with Crippen LogP contribution in [0.15, 0.2) is 127 Å². The van der Waals surface area contributed by atoms with Gasteiger partial charge in [-0.05, 0) is 59.0 Å². The molecule has 35 heavy (non-hydrogen) atoms. The van der Waals surface area contributed by atoms with E-state index in [1.165, 1.54) is 61.3 Å². The first-order chi connectivity index (χ1) is 17.4. The summed E-state index contributed by atoms with van der Waals surface area (Å²) in [5.74, 6) is 0. The lowest BCUT2D eigenvalue weighted by molar-refractivity contribution is 1.17. The second kappa shape index (κ2) is 7.00. The molecule has 2 aliphatic heterocycles. The summed E-state index contributed by atoms with van der Waals surface area (Å²) >= 11 is 0. The van der Waals surface area contributed by atoms with E-state index in [4.69, 9.17) is 0 Å². The van der Waals surface area contributed by atoms with Crippen molar-refractivity contribution < 1.29 is 0 Å². The Balaban J connectivity index is 1.53. The third kappa shape index (κ3) is 2.45. The Morgan fingerprint density at radius 3 is 2.00 bits per heavy atom. The van der Waals surface area contributed by atoms with Crippen molar-refractivity contribution >= 4 is 51.2 Å². The molecule has 0 spiro atoms. The van der Waals surface area contributed by atoms with Crippen molar-refractivity contribution in [3.05, 3.63) is 127 Å². The monoisotopic (exact) mass is 444 g/mol. The number of nitrogens with zero attached hydrogens (tertiary/aromatic N) is 2. The molecule has 0 unspecified atom stereocenters. The molecule has 162 valence electrons. The maximum Gasteiger partial charge on any atom is 0.269 e. The van der Waals surface area contributed by atoms with Crippen LogP contribution in [0.2, 0.25) is 0 Å². The van der Waals surface area contributed by atoms with Crippen molar-refractivity contribution in [1.29, 1.82) is 0 Å². The van der Waals surface area contributed by atoms with Gasteiger partial charge in [-0.15, -0.1) is 0 Å². The molecule has 5 aromatic carbocycles. The molecule has 3 heterocycles. The van der Waals surface area contributed by atoms with Gasteiger partial charge in [0.25, 0.3) is 6.71 Å². The lowest BCUT2D eigenvalue weighted by Gasteiger charge is -2.36. The molecule has 0 radical (unpaired) electrons. The van der Waals surface area contributed by atoms with Gasteiger partial charge in [-0.1, -0.05) is 84.9 Å². The van der Waals surface area contributed by atoms with Gasteiger partial charge in [0.05, 0.1) is 5.52 Å². The average molecular weight is 444 g/mol. The minimum atomic E-state index is 0.181. The van der Waals surface area contributed by atoms with Crippen LogP contribution in [0.1, 0.15) is 0 Å². The molecule has 3 heteroatoms. The minimum absolute atomic E-state index is 0.181. The van der Waals surface area contributed by atoms with Crippen molar-refractivity contribution in [2.24, 2.45) is 0 Å². The van der Waals surface area contributed by atoms with Gasteiger partial charge in [-0.25, -0.2) is 0 Å². The van der Waals surface area contributed by atoms with Gasteiger partial charge in [0.2, 0.25) is 0 Å². The number of anilines is 3. The number of rotatable bonds is 2. The molecule has 0 bridgehead atoms. The van der Waals surface area contributed by atoms with Crippen molar-refractivity contribution in [2.75, 3.05) is 4.90 Å². The second-order valence-corrected chi connectivity index (χ2v) is 9.35. The summed E-state index contributed by atoms with van der Waals surface area (Å²) in [6, 6.07) is 46.2. The topological polar surface area (TPSA) is 8.17 Å². The number of benzene rings is 5. The van der Waals surface area contributed by atoms with Crippen LogP contribution in [0.5, 0.6) is 0 Å². The maximum atomic E-state index is 2.49. The van der Waals surface area contributed by atoms with Crippen LogP contribution in [-0.2, 0) is 0 Å². The molecular formula is C32H21BN2. The standard InChI is InChI=1S/C32H21BN2/c1-3-12-22(13-4-1)34-28-20-10-8-18-26(28)33-31-25(17-11-21-29(31)34)30-24-16-7-9-19-27(24)35(32(30)33)23-14-5-2-6-15-23/h1-21H. The van der Waals surface area contributed by atoms with Crippen LogP contribution in [0.3, 0.4) is 0 Å². The van der Waals surface area contributed by atoms with E-state index in [1.807, 2.05) is 0 Å². The smallest absolute Gasteiger partial charge is 0.269 e. The maximum absolute atomic E-state index is 2.49. The number of hydrogen-bond acceptors (Lipinski definition) is 1. The Morgan fingerprint density at radius 2 is 1.17 bits per heavy atom. The molecule has 0 aliphatic carbocycles. The van der Waals surface area contributed by atoms with Gasteiger partial charge in [-0.2, -0.15) is 0 Å².